The molecule has 1 aromatic carbocycles. The average Bonchev–Trinajstić information content (AvgIpc) is 2.56. The molecule has 1 heterocycles. The first-order chi connectivity index (χ1) is 10.7. The van der Waals surface area contributed by atoms with E-state index in [-0.39, 0.29) is 5.91 Å². The third-order valence-corrected chi connectivity index (χ3v) is 3.22. The Morgan fingerprint density at radius 2 is 2.00 bits per heavy atom. The van der Waals surface area contributed by atoms with Crippen molar-refractivity contribution in [3.8, 4) is 6.07 Å². The molecule has 0 saturated heterocycles. The summed E-state index contributed by atoms with van der Waals surface area (Å²) in [5.41, 5.74) is 1.43. The summed E-state index contributed by atoms with van der Waals surface area (Å²) in [6.45, 7) is 5.09. The Morgan fingerprint density at radius 1 is 1.27 bits per heavy atom. The van der Waals surface area contributed by atoms with Crippen LogP contribution in [0.2, 0.25) is 0 Å². The predicted molar refractivity (Wildman–Crippen MR) is 83.7 cm³/mol. The molecule has 6 nitrogen and oxygen atoms in total. The fraction of sp³-hybridized carbons (Fsp3) is 0.250. The number of hydrogen-bond acceptors (Lipinski definition) is 5. The third kappa shape index (κ3) is 3.38. The Morgan fingerprint density at radius 3 is 2.68 bits per heavy atom. The van der Waals surface area contributed by atoms with Gasteiger partial charge in [0.15, 0.2) is 0 Å². The van der Waals surface area contributed by atoms with Gasteiger partial charge in [-0.2, -0.15) is 5.26 Å². The second kappa shape index (κ2) is 7.18. The molecule has 0 bridgehead atoms. The highest BCUT2D eigenvalue weighted by molar-refractivity contribution is 5.92. The highest BCUT2D eigenvalue weighted by Gasteiger charge is 2.15. The van der Waals surface area contributed by atoms with E-state index < -0.39 is 0 Å². The van der Waals surface area contributed by atoms with Gasteiger partial charge < -0.3 is 10.2 Å². The van der Waals surface area contributed by atoms with Crippen molar-refractivity contribution in [3.63, 3.8) is 0 Å². The Balaban J connectivity index is 2.26. The molecule has 22 heavy (non-hydrogen) atoms. The van der Waals surface area contributed by atoms with E-state index in [0.717, 1.165) is 0 Å². The summed E-state index contributed by atoms with van der Waals surface area (Å²) in [5, 5.41) is 12.1. The second-order valence-electron chi connectivity index (χ2n) is 4.53. The smallest absolute Gasteiger partial charge is 0.272 e. The molecule has 1 aromatic heterocycles. The Bertz CT molecular complexity index is 704. The van der Waals surface area contributed by atoms with E-state index in [2.05, 4.69) is 21.4 Å². The number of hydrogen-bond donors (Lipinski definition) is 1. The van der Waals surface area contributed by atoms with Gasteiger partial charge in [-0.1, -0.05) is 12.1 Å². The summed E-state index contributed by atoms with van der Waals surface area (Å²) in [7, 11) is 0. The van der Waals surface area contributed by atoms with Gasteiger partial charge in [-0.15, -0.1) is 0 Å². The van der Waals surface area contributed by atoms with Crippen molar-refractivity contribution in [3.05, 3.63) is 47.8 Å². The molecule has 0 radical (unpaired) electrons. The maximum Gasteiger partial charge on any atom is 0.272 e. The van der Waals surface area contributed by atoms with Crippen LogP contribution in [-0.2, 0) is 0 Å². The van der Waals surface area contributed by atoms with Gasteiger partial charge in [0.05, 0.1) is 11.3 Å². The van der Waals surface area contributed by atoms with Crippen LogP contribution in [0.5, 0.6) is 0 Å². The molecular weight excluding hydrogens is 278 g/mol. The predicted octanol–water partition coefficient (Wildman–Crippen LogP) is 2.57. The number of nitrogens with one attached hydrogen (secondary N) is 1. The standard InChI is InChI=1S/C16H17N5O/c1-3-21(4-2)15(22)14-9-10-18-16(20-14)19-13-8-6-5-7-12(13)11-17/h5-10H,3-4H2,1-2H3,(H,18,19,20). The van der Waals surface area contributed by atoms with Crippen molar-refractivity contribution in [2.24, 2.45) is 0 Å². The normalized spacial score (nSPS) is 9.86. The van der Waals surface area contributed by atoms with E-state index in [1.165, 1.54) is 6.20 Å². The molecule has 0 unspecified atom stereocenters. The van der Waals surface area contributed by atoms with Crippen LogP contribution in [0.15, 0.2) is 36.5 Å². The fourth-order valence-electron chi connectivity index (χ4n) is 2.02. The zero-order valence-electron chi connectivity index (χ0n) is 12.6. The lowest BCUT2D eigenvalue weighted by molar-refractivity contribution is 0.0767. The lowest BCUT2D eigenvalue weighted by Crippen LogP contribution is -2.31. The third-order valence-electron chi connectivity index (χ3n) is 3.22. The molecule has 6 heteroatoms. The van der Waals surface area contributed by atoms with Crippen molar-refractivity contribution in [1.82, 2.24) is 14.9 Å². The number of carbonyl (C=O) groups excluding carboxylic acids is 1. The molecule has 0 aliphatic rings. The quantitative estimate of drug-likeness (QED) is 0.916. The van der Waals surface area contributed by atoms with Gasteiger partial charge in [-0.25, -0.2) is 9.97 Å². The van der Waals surface area contributed by atoms with E-state index in [4.69, 9.17) is 5.26 Å². The van der Waals surface area contributed by atoms with Crippen LogP contribution in [0.4, 0.5) is 11.6 Å². The minimum Gasteiger partial charge on any atom is -0.338 e. The topological polar surface area (TPSA) is 81.9 Å². The van der Waals surface area contributed by atoms with Crippen LogP contribution in [0, 0.1) is 11.3 Å². The first-order valence-corrected chi connectivity index (χ1v) is 7.08. The number of anilines is 2. The minimum atomic E-state index is -0.135. The molecule has 0 saturated carbocycles. The number of para-hydroxylation sites is 1. The number of rotatable bonds is 5. The van der Waals surface area contributed by atoms with Crippen molar-refractivity contribution >= 4 is 17.5 Å². The minimum absolute atomic E-state index is 0.135. The number of aromatic nitrogens is 2. The van der Waals surface area contributed by atoms with Gasteiger partial charge >= 0.3 is 0 Å². The van der Waals surface area contributed by atoms with Gasteiger partial charge in [0, 0.05) is 19.3 Å². The molecule has 2 rings (SSSR count). The van der Waals surface area contributed by atoms with Crippen LogP contribution >= 0.6 is 0 Å². The summed E-state index contributed by atoms with van der Waals surface area (Å²) < 4.78 is 0. The number of nitrogens with zero attached hydrogens (tertiary/aromatic N) is 4. The van der Waals surface area contributed by atoms with Crippen LogP contribution in [0.3, 0.4) is 0 Å². The number of amides is 1. The number of benzene rings is 1. The summed E-state index contributed by atoms with van der Waals surface area (Å²) in [6.07, 6.45) is 1.53. The van der Waals surface area contributed by atoms with Crippen molar-refractivity contribution in [2.75, 3.05) is 18.4 Å². The lowest BCUT2D eigenvalue weighted by atomic mass is 10.2. The molecule has 1 N–H and O–H groups in total. The van der Waals surface area contributed by atoms with E-state index in [1.807, 2.05) is 19.9 Å². The number of nitriles is 1. The Hall–Kier alpha value is -2.94. The zero-order valence-corrected chi connectivity index (χ0v) is 12.6. The molecule has 0 fully saturated rings. The maximum atomic E-state index is 12.3. The Kier molecular flexibility index (Phi) is 5.04. The fourth-order valence-corrected chi connectivity index (χ4v) is 2.02. The molecule has 0 spiro atoms. The lowest BCUT2D eigenvalue weighted by Gasteiger charge is -2.18. The number of carbonyl (C=O) groups is 1. The van der Waals surface area contributed by atoms with Crippen molar-refractivity contribution in [1.29, 1.82) is 5.26 Å². The van der Waals surface area contributed by atoms with Crippen LogP contribution < -0.4 is 5.32 Å². The Labute approximate surface area is 129 Å². The molecular formula is C16H17N5O. The molecule has 0 atom stereocenters. The first-order valence-electron chi connectivity index (χ1n) is 7.08. The van der Waals surface area contributed by atoms with Crippen LogP contribution in [0.1, 0.15) is 29.9 Å². The zero-order chi connectivity index (χ0) is 15.9. The highest BCUT2D eigenvalue weighted by Crippen LogP contribution is 2.17. The molecule has 0 aliphatic heterocycles. The van der Waals surface area contributed by atoms with Gasteiger partial charge in [-0.3, -0.25) is 4.79 Å². The van der Waals surface area contributed by atoms with Crippen LogP contribution in [-0.4, -0.2) is 33.9 Å². The molecule has 112 valence electrons. The first kappa shape index (κ1) is 15.4. The van der Waals surface area contributed by atoms with Gasteiger partial charge in [-0.05, 0) is 32.0 Å². The maximum absolute atomic E-state index is 12.3. The van der Waals surface area contributed by atoms with Crippen molar-refractivity contribution in [2.45, 2.75) is 13.8 Å². The SMILES string of the molecule is CCN(CC)C(=O)c1ccnc(Nc2ccccc2C#N)n1. The average molecular weight is 295 g/mol. The van der Waals surface area contributed by atoms with E-state index >= 15 is 0 Å². The van der Waals surface area contributed by atoms with Gasteiger partial charge in [0.2, 0.25) is 5.95 Å². The highest BCUT2D eigenvalue weighted by atomic mass is 16.2. The largest absolute Gasteiger partial charge is 0.338 e. The second-order valence-corrected chi connectivity index (χ2v) is 4.53. The summed E-state index contributed by atoms with van der Waals surface area (Å²) in [5.74, 6) is 0.157. The van der Waals surface area contributed by atoms with E-state index in [0.29, 0.717) is 36.0 Å². The summed E-state index contributed by atoms with van der Waals surface area (Å²) in [6, 6.07) is 10.7. The van der Waals surface area contributed by atoms with Crippen molar-refractivity contribution < 1.29 is 4.79 Å². The molecule has 2 aromatic rings. The molecule has 0 aliphatic carbocycles. The van der Waals surface area contributed by atoms with Gasteiger partial charge in [0.1, 0.15) is 11.8 Å². The van der Waals surface area contributed by atoms with Gasteiger partial charge in [0.25, 0.3) is 5.91 Å². The monoisotopic (exact) mass is 295 g/mol. The summed E-state index contributed by atoms with van der Waals surface area (Å²) in [4.78, 5) is 22.3. The van der Waals surface area contributed by atoms with Crippen LogP contribution in [0.25, 0.3) is 0 Å². The summed E-state index contributed by atoms with van der Waals surface area (Å²) >= 11 is 0. The molecule has 1 amide bonds. The van der Waals surface area contributed by atoms with E-state index in [9.17, 15) is 4.79 Å². The van der Waals surface area contributed by atoms with E-state index in [1.54, 1.807) is 29.2 Å².